The number of carbonyl (C=O) groups excluding carboxylic acids is 1. The molecule has 0 saturated carbocycles. The third kappa shape index (κ3) is 4.89. The van der Waals surface area contributed by atoms with E-state index in [2.05, 4.69) is 21.2 Å². The van der Waals surface area contributed by atoms with Crippen LogP contribution in [0, 0.1) is 6.92 Å². The highest BCUT2D eigenvalue weighted by atomic mass is 79.9. The molecule has 1 atom stereocenters. The number of furan rings is 1. The van der Waals surface area contributed by atoms with E-state index in [4.69, 9.17) is 9.41 Å². The molecule has 0 aliphatic carbocycles. The van der Waals surface area contributed by atoms with Crippen molar-refractivity contribution in [3.63, 3.8) is 0 Å². The number of carbonyl (C=O) groups is 1. The second-order valence-electron chi connectivity index (χ2n) is 9.08. The van der Waals surface area contributed by atoms with Gasteiger partial charge in [-0.25, -0.2) is 4.99 Å². The van der Waals surface area contributed by atoms with E-state index in [0.29, 0.717) is 32.1 Å². The van der Waals surface area contributed by atoms with Crippen LogP contribution in [0.25, 0.3) is 17.4 Å². The van der Waals surface area contributed by atoms with Gasteiger partial charge in [0.1, 0.15) is 17.6 Å². The molecule has 5 aromatic rings. The Morgan fingerprint density at radius 1 is 1.05 bits per heavy atom. The van der Waals surface area contributed by atoms with Crippen molar-refractivity contribution in [2.75, 3.05) is 5.32 Å². The predicted octanol–water partition coefficient (Wildman–Crippen LogP) is 6.27. The molecule has 0 bridgehead atoms. The molecule has 9 heteroatoms. The van der Waals surface area contributed by atoms with Gasteiger partial charge in [0.25, 0.3) is 11.5 Å². The van der Waals surface area contributed by atoms with E-state index in [1.54, 1.807) is 10.6 Å². The van der Waals surface area contributed by atoms with Crippen molar-refractivity contribution in [1.29, 1.82) is 0 Å². The van der Waals surface area contributed by atoms with Crippen LogP contribution in [-0.2, 0) is 4.79 Å². The summed E-state index contributed by atoms with van der Waals surface area (Å²) >= 11 is 6.25. The van der Waals surface area contributed by atoms with Crippen LogP contribution in [0.4, 0.5) is 5.69 Å². The minimum Gasteiger partial charge on any atom is -0.457 e. The fourth-order valence-electron chi connectivity index (χ4n) is 4.56. The first-order valence-corrected chi connectivity index (χ1v) is 14.7. The van der Waals surface area contributed by atoms with Crippen molar-refractivity contribution in [3.05, 3.63) is 130 Å². The van der Waals surface area contributed by atoms with Crippen LogP contribution in [0.15, 0.2) is 108 Å². The summed E-state index contributed by atoms with van der Waals surface area (Å²) in [5.41, 5.74) is 3.45. The van der Waals surface area contributed by atoms with Gasteiger partial charge >= 0.3 is 0 Å². The Balaban J connectivity index is 1.42. The smallest absolute Gasteiger partial charge is 0.271 e. The number of thiophene rings is 1. The predicted molar refractivity (Wildman–Crippen MR) is 160 cm³/mol. The number of nitrogens with one attached hydrogen (secondary N) is 1. The highest BCUT2D eigenvalue weighted by Crippen LogP contribution is 2.33. The number of para-hydroxylation sites is 1. The number of benzene rings is 2. The lowest BCUT2D eigenvalue weighted by Gasteiger charge is -2.24. The van der Waals surface area contributed by atoms with Gasteiger partial charge in [-0.15, -0.1) is 11.3 Å². The van der Waals surface area contributed by atoms with Gasteiger partial charge in [-0.2, -0.15) is 0 Å². The topological polar surface area (TPSA) is 76.6 Å². The Morgan fingerprint density at radius 2 is 1.85 bits per heavy atom. The number of nitrogens with zero attached hydrogens (tertiary/aromatic N) is 2. The number of thiazole rings is 1. The lowest BCUT2D eigenvalue weighted by molar-refractivity contribution is -0.113. The summed E-state index contributed by atoms with van der Waals surface area (Å²) in [6.45, 7) is 3.76. The third-order valence-electron chi connectivity index (χ3n) is 6.50. The zero-order chi connectivity index (χ0) is 27.1. The van der Waals surface area contributed by atoms with E-state index >= 15 is 0 Å². The maximum atomic E-state index is 13.8. The van der Waals surface area contributed by atoms with Gasteiger partial charge in [0.2, 0.25) is 0 Å². The average molecular weight is 617 g/mol. The number of hydrogen-bond acceptors (Lipinski definition) is 6. The maximum absolute atomic E-state index is 13.8. The Kier molecular flexibility index (Phi) is 6.80. The monoisotopic (exact) mass is 615 g/mol. The number of anilines is 1. The summed E-state index contributed by atoms with van der Waals surface area (Å²) in [5, 5.41) is 4.98. The fraction of sp³-hybridized carbons (Fsp3) is 0.100. The molecule has 0 saturated heterocycles. The van der Waals surface area contributed by atoms with Crippen molar-refractivity contribution < 1.29 is 9.21 Å². The highest BCUT2D eigenvalue weighted by molar-refractivity contribution is 9.10. The molecular formula is C30H22BrN3O3S2. The molecule has 0 radical (unpaired) electrons. The molecule has 4 heterocycles. The van der Waals surface area contributed by atoms with Crippen molar-refractivity contribution in [2.45, 2.75) is 19.9 Å². The Bertz CT molecular complexity index is 1910. The number of aromatic nitrogens is 1. The molecule has 3 aromatic heterocycles. The molecule has 0 fully saturated rings. The average Bonchev–Trinajstić information content (AvgIpc) is 3.67. The Labute approximate surface area is 240 Å². The number of rotatable bonds is 5. The van der Waals surface area contributed by atoms with Crippen molar-refractivity contribution in [1.82, 2.24) is 4.57 Å². The highest BCUT2D eigenvalue weighted by Gasteiger charge is 2.33. The summed E-state index contributed by atoms with van der Waals surface area (Å²) in [4.78, 5) is 33.6. The summed E-state index contributed by atoms with van der Waals surface area (Å²) in [6, 6.07) is 22.5. The summed E-state index contributed by atoms with van der Waals surface area (Å²) in [7, 11) is 0. The van der Waals surface area contributed by atoms with E-state index in [9.17, 15) is 9.59 Å². The third-order valence-corrected chi connectivity index (χ3v) is 8.94. The first kappa shape index (κ1) is 25.5. The van der Waals surface area contributed by atoms with Crippen LogP contribution >= 0.6 is 38.6 Å². The lowest BCUT2D eigenvalue weighted by Crippen LogP contribution is -2.40. The van der Waals surface area contributed by atoms with E-state index in [0.717, 1.165) is 26.2 Å². The normalized spacial score (nSPS) is 15.3. The van der Waals surface area contributed by atoms with Gasteiger partial charge in [-0.05, 0) is 61.2 Å². The molecule has 1 aliphatic rings. The van der Waals surface area contributed by atoms with Crippen molar-refractivity contribution in [3.8, 4) is 11.3 Å². The molecule has 1 aliphatic heterocycles. The largest absolute Gasteiger partial charge is 0.457 e. The van der Waals surface area contributed by atoms with E-state index < -0.39 is 6.04 Å². The lowest BCUT2D eigenvalue weighted by atomic mass is 10.0. The van der Waals surface area contributed by atoms with Crippen LogP contribution in [0.5, 0.6) is 0 Å². The molecule has 2 aromatic carbocycles. The molecule has 6 nitrogen and oxygen atoms in total. The summed E-state index contributed by atoms with van der Waals surface area (Å²) < 4.78 is 9.14. The van der Waals surface area contributed by atoms with Gasteiger partial charge in [-0.3, -0.25) is 14.2 Å². The number of allylic oxidation sites excluding steroid dienone is 1. The zero-order valence-corrected chi connectivity index (χ0v) is 24.2. The van der Waals surface area contributed by atoms with Crippen LogP contribution in [0.1, 0.15) is 29.2 Å². The number of fused-ring (bicyclic) bond motifs is 1. The van der Waals surface area contributed by atoms with Gasteiger partial charge in [0.15, 0.2) is 4.80 Å². The minimum absolute atomic E-state index is 0.215. The molecule has 0 spiro atoms. The van der Waals surface area contributed by atoms with Gasteiger partial charge in [-0.1, -0.05) is 63.7 Å². The Morgan fingerprint density at radius 3 is 2.59 bits per heavy atom. The summed E-state index contributed by atoms with van der Waals surface area (Å²) in [5.74, 6) is 1.01. The quantitative estimate of drug-likeness (QED) is 0.253. The first-order valence-electron chi connectivity index (χ1n) is 12.2. The first-order chi connectivity index (χ1) is 18.9. The van der Waals surface area contributed by atoms with Crippen molar-refractivity contribution in [2.24, 2.45) is 4.99 Å². The Hall–Kier alpha value is -3.79. The number of amides is 1. The van der Waals surface area contributed by atoms with Gasteiger partial charge in [0, 0.05) is 26.7 Å². The molecule has 6 rings (SSSR count). The van der Waals surface area contributed by atoms with Crippen LogP contribution < -0.4 is 20.2 Å². The van der Waals surface area contributed by atoms with Crippen LogP contribution in [0.2, 0.25) is 0 Å². The number of aryl methyl sites for hydroxylation is 1. The second-order valence-corrected chi connectivity index (χ2v) is 12.0. The zero-order valence-electron chi connectivity index (χ0n) is 21.0. The van der Waals surface area contributed by atoms with Crippen LogP contribution in [-0.4, -0.2) is 10.5 Å². The van der Waals surface area contributed by atoms with E-state index in [1.807, 2.05) is 92.0 Å². The van der Waals surface area contributed by atoms with Crippen LogP contribution in [0.3, 0.4) is 0 Å². The second kappa shape index (κ2) is 10.4. The molecule has 1 N–H and O–H groups in total. The van der Waals surface area contributed by atoms with Gasteiger partial charge in [0.05, 0.1) is 15.8 Å². The summed E-state index contributed by atoms with van der Waals surface area (Å²) in [6.07, 6.45) is 1.74. The van der Waals surface area contributed by atoms with Gasteiger partial charge < -0.3 is 9.73 Å². The SMILES string of the molecule is CC1=C(C(=O)Nc2ccccc2C)C(c2cccs2)n2c(s/c(=C/c3ccc(-c4ccc(Br)cc4)o3)c2=O)=N1. The molecule has 39 heavy (non-hydrogen) atoms. The molecule has 1 unspecified atom stereocenters. The standard InChI is InChI=1S/C30H22BrN3O3S2/c1-17-6-3-4-7-22(17)33-28(35)26-18(2)32-30-34(27(26)24-8-5-15-38-24)29(36)25(39-30)16-21-13-14-23(37-21)19-9-11-20(31)12-10-19/h3-16,27H,1-2H3,(H,33,35)/b25-16+. The van der Waals surface area contributed by atoms with Crippen molar-refractivity contribution >= 4 is 56.3 Å². The van der Waals surface area contributed by atoms with E-state index in [-0.39, 0.29) is 11.5 Å². The molecular weight excluding hydrogens is 594 g/mol. The molecule has 1 amide bonds. The maximum Gasteiger partial charge on any atom is 0.271 e. The van der Waals surface area contributed by atoms with E-state index in [1.165, 1.54) is 22.7 Å². The minimum atomic E-state index is -0.581. The number of hydrogen-bond donors (Lipinski definition) is 1. The fourth-order valence-corrected chi connectivity index (χ4v) is 6.67. The molecule has 194 valence electrons. The number of halogens is 1.